The van der Waals surface area contributed by atoms with Crippen molar-refractivity contribution in [1.82, 2.24) is 4.98 Å². The van der Waals surface area contributed by atoms with Gasteiger partial charge in [-0.05, 0) is 30.0 Å². The normalized spacial score (nSPS) is 20.1. The number of pyridine rings is 1. The van der Waals surface area contributed by atoms with Gasteiger partial charge >= 0.3 is 0 Å². The van der Waals surface area contributed by atoms with Gasteiger partial charge in [0.2, 0.25) is 0 Å². The minimum absolute atomic E-state index is 0.0149. The van der Waals surface area contributed by atoms with Gasteiger partial charge in [-0.15, -0.1) is 0 Å². The maximum atomic E-state index is 9.25. The molecule has 0 spiro atoms. The lowest BCUT2D eigenvalue weighted by Gasteiger charge is -2.24. The molecular weight excluding hydrogens is 214 g/mol. The zero-order valence-electron chi connectivity index (χ0n) is 8.66. The Balaban J connectivity index is 2.39. The molecule has 1 aromatic heterocycles. The van der Waals surface area contributed by atoms with Crippen molar-refractivity contribution in [3.8, 4) is 0 Å². The molecule has 0 saturated carbocycles. The standard InChI is InChI=1S/C11H14ClNO2/c1-15-8-2-3-10-9(5-8)7(6-14)4-11(12)13-10/h4,8,14H,2-3,5-6H2,1H3. The zero-order valence-corrected chi connectivity index (χ0v) is 9.42. The average molecular weight is 228 g/mol. The Morgan fingerprint density at radius 1 is 1.67 bits per heavy atom. The zero-order chi connectivity index (χ0) is 10.8. The number of rotatable bonds is 2. The molecule has 0 aromatic carbocycles. The van der Waals surface area contributed by atoms with Crippen LogP contribution in [0.25, 0.3) is 0 Å². The van der Waals surface area contributed by atoms with Gasteiger partial charge in [-0.25, -0.2) is 4.98 Å². The van der Waals surface area contributed by atoms with Crippen LogP contribution in [0.4, 0.5) is 0 Å². The van der Waals surface area contributed by atoms with E-state index in [9.17, 15) is 5.11 Å². The quantitative estimate of drug-likeness (QED) is 0.783. The van der Waals surface area contributed by atoms with Crippen molar-refractivity contribution in [2.45, 2.75) is 32.0 Å². The second-order valence-electron chi connectivity index (χ2n) is 3.79. The number of aliphatic hydroxyl groups is 1. The van der Waals surface area contributed by atoms with Crippen LogP contribution in [0.5, 0.6) is 0 Å². The smallest absolute Gasteiger partial charge is 0.129 e. The van der Waals surface area contributed by atoms with Crippen molar-refractivity contribution in [1.29, 1.82) is 0 Å². The van der Waals surface area contributed by atoms with E-state index >= 15 is 0 Å². The Labute approximate surface area is 94.0 Å². The maximum absolute atomic E-state index is 9.25. The third-order valence-electron chi connectivity index (χ3n) is 2.91. The first kappa shape index (κ1) is 10.9. The summed E-state index contributed by atoms with van der Waals surface area (Å²) in [6, 6.07) is 1.73. The summed E-state index contributed by atoms with van der Waals surface area (Å²) in [6.45, 7) is 0.0149. The molecule has 4 heteroatoms. The fourth-order valence-corrected chi connectivity index (χ4v) is 2.30. The molecule has 1 aliphatic rings. The number of fused-ring (bicyclic) bond motifs is 1. The van der Waals surface area contributed by atoms with Crippen LogP contribution in [0.3, 0.4) is 0 Å². The third kappa shape index (κ3) is 2.14. The van der Waals surface area contributed by atoms with Crippen molar-refractivity contribution in [2.24, 2.45) is 0 Å². The SMILES string of the molecule is COC1CCc2nc(Cl)cc(CO)c2C1. The highest BCUT2D eigenvalue weighted by Gasteiger charge is 2.22. The molecule has 0 radical (unpaired) electrons. The minimum atomic E-state index is 0.0149. The molecule has 0 amide bonds. The van der Waals surface area contributed by atoms with Gasteiger partial charge < -0.3 is 9.84 Å². The highest BCUT2D eigenvalue weighted by Crippen LogP contribution is 2.26. The Kier molecular flexibility index (Phi) is 3.24. The molecule has 0 saturated heterocycles. The Morgan fingerprint density at radius 3 is 3.13 bits per heavy atom. The number of methoxy groups -OCH3 is 1. The average Bonchev–Trinajstić information content (AvgIpc) is 2.27. The lowest BCUT2D eigenvalue weighted by molar-refractivity contribution is 0.0899. The molecule has 2 rings (SSSR count). The molecule has 1 aromatic rings. The molecule has 15 heavy (non-hydrogen) atoms. The van der Waals surface area contributed by atoms with E-state index < -0.39 is 0 Å². The molecular formula is C11H14ClNO2. The van der Waals surface area contributed by atoms with Crippen molar-refractivity contribution in [3.63, 3.8) is 0 Å². The first-order valence-corrected chi connectivity index (χ1v) is 5.43. The van der Waals surface area contributed by atoms with Gasteiger partial charge in [0, 0.05) is 19.2 Å². The Hall–Kier alpha value is -0.640. The second-order valence-corrected chi connectivity index (χ2v) is 4.18. The lowest BCUT2D eigenvalue weighted by atomic mass is 9.90. The number of hydrogen-bond donors (Lipinski definition) is 1. The summed E-state index contributed by atoms with van der Waals surface area (Å²) in [6.07, 6.45) is 2.92. The number of aryl methyl sites for hydroxylation is 1. The van der Waals surface area contributed by atoms with E-state index in [1.165, 1.54) is 0 Å². The van der Waals surface area contributed by atoms with Gasteiger partial charge in [-0.2, -0.15) is 0 Å². The van der Waals surface area contributed by atoms with Crippen molar-refractivity contribution >= 4 is 11.6 Å². The predicted molar refractivity (Wildman–Crippen MR) is 58.0 cm³/mol. The summed E-state index contributed by atoms with van der Waals surface area (Å²) in [5.41, 5.74) is 3.01. The Bertz CT molecular complexity index is 351. The highest BCUT2D eigenvalue weighted by molar-refractivity contribution is 6.29. The number of ether oxygens (including phenoxy) is 1. The van der Waals surface area contributed by atoms with E-state index in [1.54, 1.807) is 13.2 Å². The maximum Gasteiger partial charge on any atom is 0.129 e. The van der Waals surface area contributed by atoms with Crippen molar-refractivity contribution in [3.05, 3.63) is 28.0 Å². The molecule has 1 unspecified atom stereocenters. The molecule has 0 bridgehead atoms. The van der Waals surface area contributed by atoms with E-state index in [-0.39, 0.29) is 12.7 Å². The third-order valence-corrected chi connectivity index (χ3v) is 3.10. The number of aliphatic hydroxyl groups excluding tert-OH is 1. The van der Waals surface area contributed by atoms with E-state index in [2.05, 4.69) is 4.98 Å². The van der Waals surface area contributed by atoms with Crippen LogP contribution in [0.15, 0.2) is 6.07 Å². The summed E-state index contributed by atoms with van der Waals surface area (Å²) in [5.74, 6) is 0. The van der Waals surface area contributed by atoms with Crippen LogP contribution in [-0.4, -0.2) is 23.3 Å². The molecule has 3 nitrogen and oxygen atoms in total. The lowest BCUT2D eigenvalue weighted by Crippen LogP contribution is -2.23. The van der Waals surface area contributed by atoms with Crippen LogP contribution in [0.2, 0.25) is 5.15 Å². The molecule has 1 heterocycles. The summed E-state index contributed by atoms with van der Waals surface area (Å²) in [5, 5.41) is 9.72. The van der Waals surface area contributed by atoms with Gasteiger partial charge in [0.15, 0.2) is 0 Å². The van der Waals surface area contributed by atoms with Crippen molar-refractivity contribution in [2.75, 3.05) is 7.11 Å². The van der Waals surface area contributed by atoms with Gasteiger partial charge in [0.25, 0.3) is 0 Å². The monoisotopic (exact) mass is 227 g/mol. The number of nitrogens with zero attached hydrogens (tertiary/aromatic N) is 1. The topological polar surface area (TPSA) is 42.4 Å². The van der Waals surface area contributed by atoms with Crippen LogP contribution in [-0.2, 0) is 24.2 Å². The highest BCUT2D eigenvalue weighted by atomic mass is 35.5. The minimum Gasteiger partial charge on any atom is -0.392 e. The Morgan fingerprint density at radius 2 is 2.47 bits per heavy atom. The summed E-state index contributed by atoms with van der Waals surface area (Å²) >= 11 is 5.88. The molecule has 1 atom stereocenters. The van der Waals surface area contributed by atoms with E-state index in [1.807, 2.05) is 0 Å². The number of halogens is 1. The van der Waals surface area contributed by atoms with Gasteiger partial charge in [0.1, 0.15) is 5.15 Å². The molecule has 1 aliphatic carbocycles. The fourth-order valence-electron chi connectivity index (χ4n) is 2.07. The number of hydrogen-bond acceptors (Lipinski definition) is 3. The fraction of sp³-hybridized carbons (Fsp3) is 0.545. The second kappa shape index (κ2) is 4.47. The number of aromatic nitrogens is 1. The van der Waals surface area contributed by atoms with Gasteiger partial charge in [-0.3, -0.25) is 0 Å². The first-order chi connectivity index (χ1) is 7.24. The molecule has 82 valence electrons. The first-order valence-electron chi connectivity index (χ1n) is 5.05. The van der Waals surface area contributed by atoms with Crippen molar-refractivity contribution < 1.29 is 9.84 Å². The largest absolute Gasteiger partial charge is 0.392 e. The van der Waals surface area contributed by atoms with Crippen LogP contribution in [0.1, 0.15) is 23.2 Å². The predicted octanol–water partition coefficient (Wildman–Crippen LogP) is 1.73. The summed E-state index contributed by atoms with van der Waals surface area (Å²) < 4.78 is 5.34. The van der Waals surface area contributed by atoms with Gasteiger partial charge in [0.05, 0.1) is 12.7 Å². The summed E-state index contributed by atoms with van der Waals surface area (Å²) in [7, 11) is 1.72. The molecule has 0 fully saturated rings. The summed E-state index contributed by atoms with van der Waals surface area (Å²) in [4.78, 5) is 4.29. The van der Waals surface area contributed by atoms with E-state index in [4.69, 9.17) is 16.3 Å². The van der Waals surface area contributed by atoms with Crippen LogP contribution < -0.4 is 0 Å². The van der Waals surface area contributed by atoms with E-state index in [0.29, 0.717) is 5.15 Å². The molecule has 1 N–H and O–H groups in total. The molecule has 0 aliphatic heterocycles. The van der Waals surface area contributed by atoms with E-state index in [0.717, 1.165) is 36.1 Å². The van der Waals surface area contributed by atoms with Crippen LogP contribution in [0, 0.1) is 0 Å². The van der Waals surface area contributed by atoms with Gasteiger partial charge in [-0.1, -0.05) is 11.6 Å². The van der Waals surface area contributed by atoms with Crippen LogP contribution >= 0.6 is 11.6 Å².